The number of nitrogens with one attached hydrogen (secondary N) is 1. The van der Waals surface area contributed by atoms with E-state index >= 15 is 0 Å². The van der Waals surface area contributed by atoms with Crippen molar-refractivity contribution in [2.24, 2.45) is 5.73 Å². The maximum atomic E-state index is 12.1. The van der Waals surface area contributed by atoms with Crippen molar-refractivity contribution in [2.45, 2.75) is 31.8 Å². The highest BCUT2D eigenvalue weighted by Gasteiger charge is 2.20. The molecule has 5 heteroatoms. The fourth-order valence-corrected chi connectivity index (χ4v) is 3.16. The zero-order chi connectivity index (χ0) is 17.6. The van der Waals surface area contributed by atoms with Gasteiger partial charge in [-0.15, -0.1) is 0 Å². The molecule has 0 aliphatic carbocycles. The van der Waals surface area contributed by atoms with Gasteiger partial charge in [0.2, 0.25) is 11.8 Å². The maximum absolute atomic E-state index is 12.1. The second-order valence-electron chi connectivity index (χ2n) is 6.30. The van der Waals surface area contributed by atoms with Gasteiger partial charge in [0.25, 0.3) is 0 Å². The molecule has 1 saturated heterocycles. The molecule has 1 heterocycles. The molecule has 2 aromatic rings. The summed E-state index contributed by atoms with van der Waals surface area (Å²) >= 11 is 0. The average molecular weight is 337 g/mol. The van der Waals surface area contributed by atoms with Gasteiger partial charge in [-0.3, -0.25) is 14.9 Å². The Balaban J connectivity index is 1.71. The molecule has 0 bridgehead atoms. The summed E-state index contributed by atoms with van der Waals surface area (Å²) in [7, 11) is 0. The number of hydrogen-bond acceptors (Lipinski definition) is 3. The molecular formula is C20H23N3O2. The van der Waals surface area contributed by atoms with E-state index in [2.05, 4.69) is 5.32 Å². The molecule has 2 aromatic carbocycles. The first-order valence-electron chi connectivity index (χ1n) is 8.62. The number of primary amides is 1. The van der Waals surface area contributed by atoms with E-state index in [0.29, 0.717) is 13.0 Å². The Bertz CT molecular complexity index is 746. The second kappa shape index (κ2) is 7.94. The van der Waals surface area contributed by atoms with E-state index < -0.39 is 11.9 Å². The largest absolute Gasteiger partial charge is 0.368 e. The summed E-state index contributed by atoms with van der Waals surface area (Å²) in [5.41, 5.74) is 8.32. The number of carbonyl (C=O) groups is 2. The van der Waals surface area contributed by atoms with Crippen LogP contribution in [0.4, 0.5) is 5.69 Å². The second-order valence-corrected chi connectivity index (χ2v) is 6.30. The van der Waals surface area contributed by atoms with E-state index in [0.717, 1.165) is 36.2 Å². The third kappa shape index (κ3) is 4.25. The molecule has 1 aliphatic heterocycles. The Morgan fingerprint density at radius 3 is 2.64 bits per heavy atom. The maximum Gasteiger partial charge on any atom is 0.239 e. The summed E-state index contributed by atoms with van der Waals surface area (Å²) in [5.74, 6) is -0.232. The summed E-state index contributed by atoms with van der Waals surface area (Å²) in [6, 6.07) is 16.8. The van der Waals surface area contributed by atoms with Crippen LogP contribution in [0.3, 0.4) is 0 Å². The van der Waals surface area contributed by atoms with Gasteiger partial charge in [-0.1, -0.05) is 42.5 Å². The highest BCUT2D eigenvalue weighted by molar-refractivity contribution is 5.94. The molecule has 0 aromatic heterocycles. The van der Waals surface area contributed by atoms with Crippen molar-refractivity contribution in [3.8, 4) is 0 Å². The van der Waals surface area contributed by atoms with E-state index in [1.54, 1.807) is 0 Å². The van der Waals surface area contributed by atoms with Crippen molar-refractivity contribution >= 4 is 17.5 Å². The topological polar surface area (TPSA) is 75.4 Å². The Hall–Kier alpha value is -2.66. The summed E-state index contributed by atoms with van der Waals surface area (Å²) in [5, 5.41) is 3.22. The zero-order valence-electron chi connectivity index (χ0n) is 14.2. The molecule has 1 atom stereocenters. The van der Waals surface area contributed by atoms with Crippen molar-refractivity contribution in [1.29, 1.82) is 0 Å². The van der Waals surface area contributed by atoms with Gasteiger partial charge < -0.3 is 10.6 Å². The van der Waals surface area contributed by atoms with Crippen LogP contribution in [0, 0.1) is 0 Å². The van der Waals surface area contributed by atoms with Gasteiger partial charge in [-0.2, -0.15) is 0 Å². The molecule has 25 heavy (non-hydrogen) atoms. The molecule has 3 rings (SSSR count). The van der Waals surface area contributed by atoms with Crippen LogP contribution in [0.25, 0.3) is 0 Å². The van der Waals surface area contributed by atoms with E-state index in [9.17, 15) is 9.59 Å². The summed E-state index contributed by atoms with van der Waals surface area (Å²) in [6.07, 6.45) is 2.61. The Labute approximate surface area is 147 Å². The normalized spacial score (nSPS) is 15.8. The van der Waals surface area contributed by atoms with Gasteiger partial charge in [0.05, 0.1) is 0 Å². The zero-order valence-corrected chi connectivity index (χ0v) is 14.2. The van der Waals surface area contributed by atoms with Crippen LogP contribution in [0.15, 0.2) is 54.6 Å². The molecular weight excluding hydrogens is 314 g/mol. The predicted molar refractivity (Wildman–Crippen MR) is 97.9 cm³/mol. The van der Waals surface area contributed by atoms with Gasteiger partial charge in [0.15, 0.2) is 0 Å². The lowest BCUT2D eigenvalue weighted by Crippen LogP contribution is -2.35. The monoisotopic (exact) mass is 337 g/mol. The van der Waals surface area contributed by atoms with Gasteiger partial charge in [-0.25, -0.2) is 0 Å². The van der Waals surface area contributed by atoms with Crippen LogP contribution in [-0.2, 0) is 16.1 Å². The molecule has 0 spiro atoms. The van der Waals surface area contributed by atoms with Gasteiger partial charge in [-0.05, 0) is 36.1 Å². The first kappa shape index (κ1) is 17.2. The number of amides is 2. The molecule has 130 valence electrons. The molecule has 0 saturated carbocycles. The molecule has 0 radical (unpaired) electrons. The Morgan fingerprint density at radius 1 is 1.12 bits per heavy atom. The quantitative estimate of drug-likeness (QED) is 0.850. The number of anilines is 1. The number of nitrogens with zero attached hydrogens (tertiary/aromatic N) is 1. The highest BCUT2D eigenvalue weighted by Crippen LogP contribution is 2.22. The molecule has 1 fully saturated rings. The predicted octanol–water partition coefficient (Wildman–Crippen LogP) is 2.52. The van der Waals surface area contributed by atoms with E-state index in [4.69, 9.17) is 5.73 Å². The van der Waals surface area contributed by atoms with Crippen molar-refractivity contribution < 1.29 is 9.59 Å². The first-order valence-corrected chi connectivity index (χ1v) is 8.62. The summed E-state index contributed by atoms with van der Waals surface area (Å²) in [6.45, 7) is 1.27. The van der Waals surface area contributed by atoms with Crippen LogP contribution in [0.2, 0.25) is 0 Å². The van der Waals surface area contributed by atoms with E-state index in [1.807, 2.05) is 59.5 Å². The number of nitrogens with two attached hydrogens (primary N) is 1. The van der Waals surface area contributed by atoms with Crippen LogP contribution in [0.1, 0.15) is 36.4 Å². The number of rotatable bonds is 6. The first-order chi connectivity index (χ1) is 12.1. The van der Waals surface area contributed by atoms with Crippen LogP contribution >= 0.6 is 0 Å². The van der Waals surface area contributed by atoms with Crippen LogP contribution < -0.4 is 16.0 Å². The minimum Gasteiger partial charge on any atom is -0.368 e. The number of benzene rings is 2. The third-order valence-electron chi connectivity index (χ3n) is 4.47. The molecule has 0 unspecified atom stereocenters. The van der Waals surface area contributed by atoms with E-state index in [-0.39, 0.29) is 5.91 Å². The summed E-state index contributed by atoms with van der Waals surface area (Å²) in [4.78, 5) is 25.7. The lowest BCUT2D eigenvalue weighted by Gasteiger charge is -2.27. The number of hydrogen-bond donors (Lipinski definition) is 2. The van der Waals surface area contributed by atoms with Gasteiger partial charge in [0, 0.05) is 25.2 Å². The van der Waals surface area contributed by atoms with E-state index in [1.165, 1.54) is 0 Å². The minimum absolute atomic E-state index is 0.177. The smallest absolute Gasteiger partial charge is 0.239 e. The fourth-order valence-electron chi connectivity index (χ4n) is 3.16. The highest BCUT2D eigenvalue weighted by atomic mass is 16.2. The lowest BCUT2D eigenvalue weighted by molar-refractivity contribution is -0.120. The minimum atomic E-state index is -0.540. The van der Waals surface area contributed by atoms with Crippen LogP contribution in [0.5, 0.6) is 0 Å². The average Bonchev–Trinajstić information content (AvgIpc) is 2.63. The standard InChI is InChI=1S/C20H23N3O2/c21-20(25)19(16-8-2-1-3-9-16)22-14-15-7-6-10-17(13-15)23-12-5-4-11-18(23)24/h1-3,6-10,13,19,22H,4-5,11-12,14H2,(H2,21,25)/t19-/m0/s1. The van der Waals surface area contributed by atoms with Crippen molar-refractivity contribution in [3.63, 3.8) is 0 Å². The van der Waals surface area contributed by atoms with Gasteiger partial charge >= 0.3 is 0 Å². The SMILES string of the molecule is NC(=O)[C@@H](NCc1cccc(N2CCCCC2=O)c1)c1ccccc1. The number of piperidine rings is 1. The third-order valence-corrected chi connectivity index (χ3v) is 4.47. The molecule has 1 aliphatic rings. The number of carbonyl (C=O) groups excluding carboxylic acids is 2. The van der Waals surface area contributed by atoms with Gasteiger partial charge in [0.1, 0.15) is 6.04 Å². The summed E-state index contributed by atoms with van der Waals surface area (Å²) < 4.78 is 0. The van der Waals surface area contributed by atoms with Crippen molar-refractivity contribution in [1.82, 2.24) is 5.32 Å². The lowest BCUT2D eigenvalue weighted by atomic mass is 10.1. The Morgan fingerprint density at radius 2 is 1.92 bits per heavy atom. The Kier molecular flexibility index (Phi) is 5.46. The molecule has 5 nitrogen and oxygen atoms in total. The van der Waals surface area contributed by atoms with Crippen LogP contribution in [-0.4, -0.2) is 18.4 Å². The fraction of sp³-hybridized carbons (Fsp3) is 0.300. The molecule has 3 N–H and O–H groups in total. The molecule has 2 amide bonds. The van der Waals surface area contributed by atoms with Crippen molar-refractivity contribution in [2.75, 3.05) is 11.4 Å². The van der Waals surface area contributed by atoms with Crippen molar-refractivity contribution in [3.05, 3.63) is 65.7 Å².